The van der Waals surface area contributed by atoms with Gasteiger partial charge in [0.25, 0.3) is 0 Å². The number of aryl methyl sites for hydroxylation is 2. The minimum absolute atomic E-state index is 0.0857. The standard InChI is InChI=1S/C15H22O2/c1-5-15(4)13(16)9-14(15)17-12-7-10(2)6-11(3)8-12/h6-8,13-14,16H,5,9H2,1-4H3. The van der Waals surface area contributed by atoms with E-state index in [0.717, 1.165) is 18.6 Å². The normalized spacial score (nSPS) is 32.1. The summed E-state index contributed by atoms with van der Waals surface area (Å²) in [6, 6.07) is 6.27. The first-order valence-electron chi connectivity index (χ1n) is 6.38. The van der Waals surface area contributed by atoms with Gasteiger partial charge in [0.05, 0.1) is 6.10 Å². The number of aliphatic hydroxyl groups is 1. The summed E-state index contributed by atoms with van der Waals surface area (Å²) in [5.74, 6) is 0.930. The van der Waals surface area contributed by atoms with Gasteiger partial charge in [-0.05, 0) is 43.5 Å². The molecule has 0 amide bonds. The quantitative estimate of drug-likeness (QED) is 0.870. The van der Waals surface area contributed by atoms with Crippen LogP contribution in [0, 0.1) is 19.3 Å². The molecule has 1 fully saturated rings. The lowest BCUT2D eigenvalue weighted by atomic mass is 9.63. The maximum Gasteiger partial charge on any atom is 0.120 e. The number of rotatable bonds is 3. The van der Waals surface area contributed by atoms with E-state index >= 15 is 0 Å². The Morgan fingerprint density at radius 1 is 1.29 bits per heavy atom. The molecule has 2 heteroatoms. The Morgan fingerprint density at radius 2 is 1.88 bits per heavy atom. The van der Waals surface area contributed by atoms with Gasteiger partial charge in [-0.3, -0.25) is 0 Å². The van der Waals surface area contributed by atoms with Gasteiger partial charge in [0.1, 0.15) is 11.9 Å². The molecule has 1 N–H and O–H groups in total. The molecule has 1 aliphatic rings. The van der Waals surface area contributed by atoms with E-state index in [-0.39, 0.29) is 17.6 Å². The minimum atomic E-state index is -0.219. The van der Waals surface area contributed by atoms with E-state index in [1.54, 1.807) is 0 Å². The molecule has 3 atom stereocenters. The molecule has 1 saturated carbocycles. The highest BCUT2D eigenvalue weighted by atomic mass is 16.5. The maximum atomic E-state index is 9.84. The van der Waals surface area contributed by atoms with Crippen LogP contribution >= 0.6 is 0 Å². The first-order chi connectivity index (χ1) is 7.95. The van der Waals surface area contributed by atoms with Crippen molar-refractivity contribution in [2.24, 2.45) is 5.41 Å². The largest absolute Gasteiger partial charge is 0.490 e. The van der Waals surface area contributed by atoms with Gasteiger partial charge in [-0.25, -0.2) is 0 Å². The fourth-order valence-corrected chi connectivity index (χ4v) is 2.61. The molecule has 94 valence electrons. The van der Waals surface area contributed by atoms with Crippen LogP contribution in [0.5, 0.6) is 5.75 Å². The lowest BCUT2D eigenvalue weighted by molar-refractivity contribution is -0.147. The van der Waals surface area contributed by atoms with Gasteiger partial charge in [0.15, 0.2) is 0 Å². The Balaban J connectivity index is 2.12. The SMILES string of the molecule is CCC1(C)C(O)CC1Oc1cc(C)cc(C)c1. The predicted octanol–water partition coefficient (Wildman–Crippen LogP) is 3.23. The molecule has 0 heterocycles. The van der Waals surface area contributed by atoms with Crippen molar-refractivity contribution in [2.75, 3.05) is 0 Å². The molecule has 0 spiro atoms. The van der Waals surface area contributed by atoms with E-state index < -0.39 is 0 Å². The number of aliphatic hydroxyl groups excluding tert-OH is 1. The van der Waals surface area contributed by atoms with Crippen molar-refractivity contribution < 1.29 is 9.84 Å². The van der Waals surface area contributed by atoms with E-state index in [2.05, 4.69) is 45.9 Å². The van der Waals surface area contributed by atoms with Crippen LogP contribution in [-0.4, -0.2) is 17.3 Å². The van der Waals surface area contributed by atoms with Gasteiger partial charge >= 0.3 is 0 Å². The number of ether oxygens (including phenoxy) is 1. The highest BCUT2D eigenvalue weighted by Crippen LogP contribution is 2.46. The molecule has 2 rings (SSSR count). The summed E-state index contributed by atoms with van der Waals surface area (Å²) in [5, 5.41) is 9.84. The number of hydrogen-bond donors (Lipinski definition) is 1. The Bertz CT molecular complexity index is 393. The van der Waals surface area contributed by atoms with Crippen LogP contribution in [0.25, 0.3) is 0 Å². The highest BCUT2D eigenvalue weighted by molar-refractivity contribution is 5.33. The van der Waals surface area contributed by atoms with E-state index in [0.29, 0.717) is 0 Å². The third kappa shape index (κ3) is 2.19. The summed E-state index contributed by atoms with van der Waals surface area (Å²) in [5.41, 5.74) is 2.36. The first kappa shape index (κ1) is 12.4. The average molecular weight is 234 g/mol. The van der Waals surface area contributed by atoms with Gasteiger partial charge < -0.3 is 9.84 Å². The number of hydrogen-bond acceptors (Lipinski definition) is 2. The molecule has 3 unspecified atom stereocenters. The van der Waals surface area contributed by atoms with E-state index in [1.165, 1.54) is 11.1 Å². The minimum Gasteiger partial charge on any atom is -0.490 e. The molecule has 2 nitrogen and oxygen atoms in total. The Labute approximate surface area is 104 Å². The summed E-state index contributed by atoms with van der Waals surface area (Å²) >= 11 is 0. The smallest absolute Gasteiger partial charge is 0.120 e. The Hall–Kier alpha value is -1.02. The zero-order valence-corrected chi connectivity index (χ0v) is 11.2. The van der Waals surface area contributed by atoms with Gasteiger partial charge in [-0.1, -0.05) is 19.9 Å². The van der Waals surface area contributed by atoms with Crippen molar-refractivity contribution in [1.29, 1.82) is 0 Å². The lowest BCUT2D eigenvalue weighted by Crippen LogP contribution is -2.57. The third-order valence-corrected chi connectivity index (χ3v) is 4.17. The molecule has 0 aromatic heterocycles. The molecule has 0 saturated heterocycles. The maximum absolute atomic E-state index is 9.84. The molecular formula is C15H22O2. The summed E-state index contributed by atoms with van der Waals surface area (Å²) < 4.78 is 6.03. The molecule has 0 aliphatic heterocycles. The molecule has 0 bridgehead atoms. The molecule has 17 heavy (non-hydrogen) atoms. The van der Waals surface area contributed by atoms with Gasteiger partial charge in [0.2, 0.25) is 0 Å². The van der Waals surface area contributed by atoms with Crippen LogP contribution in [0.2, 0.25) is 0 Å². The molecular weight excluding hydrogens is 212 g/mol. The predicted molar refractivity (Wildman–Crippen MR) is 69.4 cm³/mol. The van der Waals surface area contributed by atoms with Crippen molar-refractivity contribution >= 4 is 0 Å². The zero-order chi connectivity index (χ0) is 12.6. The van der Waals surface area contributed by atoms with Crippen LogP contribution in [0.1, 0.15) is 37.8 Å². The van der Waals surface area contributed by atoms with Crippen LogP contribution in [0.15, 0.2) is 18.2 Å². The summed E-state index contributed by atoms with van der Waals surface area (Å²) in [6.45, 7) is 8.37. The fraction of sp³-hybridized carbons (Fsp3) is 0.600. The van der Waals surface area contributed by atoms with Gasteiger partial charge in [0, 0.05) is 11.8 Å². The average Bonchev–Trinajstić information content (AvgIpc) is 2.26. The Kier molecular flexibility index (Phi) is 3.17. The molecule has 1 aromatic carbocycles. The second-order valence-corrected chi connectivity index (χ2v) is 5.54. The second kappa shape index (κ2) is 4.34. The summed E-state index contributed by atoms with van der Waals surface area (Å²) in [4.78, 5) is 0. The molecule has 1 aliphatic carbocycles. The van der Waals surface area contributed by atoms with Crippen molar-refractivity contribution in [3.63, 3.8) is 0 Å². The number of benzene rings is 1. The van der Waals surface area contributed by atoms with Crippen LogP contribution < -0.4 is 4.74 Å². The summed E-state index contributed by atoms with van der Waals surface area (Å²) in [6.07, 6.45) is 1.62. The Morgan fingerprint density at radius 3 is 2.35 bits per heavy atom. The highest BCUT2D eigenvalue weighted by Gasteiger charge is 2.51. The third-order valence-electron chi connectivity index (χ3n) is 4.17. The van der Waals surface area contributed by atoms with Crippen molar-refractivity contribution in [1.82, 2.24) is 0 Å². The van der Waals surface area contributed by atoms with Gasteiger partial charge in [-0.2, -0.15) is 0 Å². The summed E-state index contributed by atoms with van der Waals surface area (Å²) in [7, 11) is 0. The van der Waals surface area contributed by atoms with Crippen LogP contribution in [0.3, 0.4) is 0 Å². The monoisotopic (exact) mass is 234 g/mol. The topological polar surface area (TPSA) is 29.5 Å². The lowest BCUT2D eigenvalue weighted by Gasteiger charge is -2.50. The first-order valence-corrected chi connectivity index (χ1v) is 6.38. The van der Waals surface area contributed by atoms with E-state index in [9.17, 15) is 5.11 Å². The van der Waals surface area contributed by atoms with Crippen molar-refractivity contribution in [2.45, 2.75) is 52.7 Å². The van der Waals surface area contributed by atoms with Gasteiger partial charge in [-0.15, -0.1) is 0 Å². The molecule has 1 aromatic rings. The van der Waals surface area contributed by atoms with E-state index in [1.807, 2.05) is 0 Å². The van der Waals surface area contributed by atoms with E-state index in [4.69, 9.17) is 4.74 Å². The molecule has 0 radical (unpaired) electrons. The fourth-order valence-electron chi connectivity index (χ4n) is 2.61. The zero-order valence-electron chi connectivity index (χ0n) is 11.2. The van der Waals surface area contributed by atoms with Crippen LogP contribution in [-0.2, 0) is 0 Å². The van der Waals surface area contributed by atoms with Crippen molar-refractivity contribution in [3.05, 3.63) is 29.3 Å². The second-order valence-electron chi connectivity index (χ2n) is 5.54. The van der Waals surface area contributed by atoms with Crippen LogP contribution in [0.4, 0.5) is 0 Å². The van der Waals surface area contributed by atoms with Crippen molar-refractivity contribution in [3.8, 4) is 5.75 Å².